The molecule has 0 spiro atoms. The Morgan fingerprint density at radius 2 is 2.05 bits per heavy atom. The summed E-state index contributed by atoms with van der Waals surface area (Å²) in [5.74, 6) is 0. The molecular weight excluding hydrogens is 294 g/mol. The van der Waals surface area contributed by atoms with Gasteiger partial charge >= 0.3 is 0 Å². The van der Waals surface area contributed by atoms with Crippen molar-refractivity contribution in [2.75, 3.05) is 7.05 Å². The number of aromatic nitrogens is 1. The highest BCUT2D eigenvalue weighted by Crippen LogP contribution is 2.24. The lowest BCUT2D eigenvalue weighted by Gasteiger charge is -2.15. The summed E-state index contributed by atoms with van der Waals surface area (Å²) in [5, 5.41) is 0. The second-order valence-electron chi connectivity index (χ2n) is 4.46. The number of sulfonamides is 1. The third-order valence-electron chi connectivity index (χ3n) is 2.83. The van der Waals surface area contributed by atoms with Crippen molar-refractivity contribution < 1.29 is 8.42 Å². The van der Waals surface area contributed by atoms with Crippen LogP contribution in [0.2, 0.25) is 0 Å². The normalized spacial score (nSPS) is 12.0. The SMILES string of the molecule is Cc1cccc(CN(C)S(=O)(=O)c2ccc(CN)s2)n1. The molecule has 0 radical (unpaired) electrons. The number of thiophene rings is 1. The molecule has 2 aromatic heterocycles. The van der Waals surface area contributed by atoms with Crippen LogP contribution in [-0.4, -0.2) is 24.8 Å². The van der Waals surface area contributed by atoms with Gasteiger partial charge in [-0.1, -0.05) is 6.07 Å². The molecule has 0 aliphatic carbocycles. The lowest BCUT2D eigenvalue weighted by molar-refractivity contribution is 0.463. The molecule has 0 fully saturated rings. The maximum Gasteiger partial charge on any atom is 0.252 e. The van der Waals surface area contributed by atoms with Crippen LogP contribution < -0.4 is 5.73 Å². The lowest BCUT2D eigenvalue weighted by Crippen LogP contribution is -2.26. The van der Waals surface area contributed by atoms with Crippen molar-refractivity contribution in [3.63, 3.8) is 0 Å². The number of pyridine rings is 1. The summed E-state index contributed by atoms with van der Waals surface area (Å²) in [7, 11) is -1.93. The number of hydrogen-bond donors (Lipinski definition) is 1. The molecule has 108 valence electrons. The Morgan fingerprint density at radius 1 is 1.30 bits per heavy atom. The van der Waals surface area contributed by atoms with Crippen LogP contribution in [0.4, 0.5) is 0 Å². The van der Waals surface area contributed by atoms with Gasteiger partial charge in [0.1, 0.15) is 4.21 Å². The highest BCUT2D eigenvalue weighted by atomic mass is 32.2. The van der Waals surface area contributed by atoms with E-state index in [9.17, 15) is 8.42 Å². The Bertz CT molecular complexity index is 695. The van der Waals surface area contributed by atoms with Gasteiger partial charge in [0, 0.05) is 24.2 Å². The van der Waals surface area contributed by atoms with Crippen molar-refractivity contribution >= 4 is 21.4 Å². The zero-order valence-corrected chi connectivity index (χ0v) is 13.0. The lowest BCUT2D eigenvalue weighted by atomic mass is 10.3. The van der Waals surface area contributed by atoms with Crippen LogP contribution in [0.15, 0.2) is 34.5 Å². The Labute approximate surface area is 123 Å². The molecule has 0 saturated heterocycles. The average molecular weight is 311 g/mol. The van der Waals surface area contributed by atoms with Crippen LogP contribution in [0.25, 0.3) is 0 Å². The Kier molecular flexibility index (Phi) is 4.54. The second-order valence-corrected chi connectivity index (χ2v) is 7.90. The first-order valence-electron chi connectivity index (χ1n) is 6.11. The summed E-state index contributed by atoms with van der Waals surface area (Å²) < 4.78 is 26.5. The molecule has 0 atom stereocenters. The monoisotopic (exact) mass is 311 g/mol. The van der Waals surface area contributed by atoms with Gasteiger partial charge in [-0.3, -0.25) is 4.98 Å². The van der Waals surface area contributed by atoms with Gasteiger partial charge in [0.25, 0.3) is 10.0 Å². The molecule has 2 aromatic rings. The molecule has 2 rings (SSSR count). The number of aryl methyl sites for hydroxylation is 1. The largest absolute Gasteiger partial charge is 0.326 e. The second kappa shape index (κ2) is 6.01. The molecular formula is C13H17N3O2S2. The molecule has 0 aliphatic rings. The fraction of sp³-hybridized carbons (Fsp3) is 0.308. The van der Waals surface area contributed by atoms with E-state index >= 15 is 0 Å². The van der Waals surface area contributed by atoms with E-state index in [1.165, 1.54) is 15.6 Å². The van der Waals surface area contributed by atoms with E-state index in [-0.39, 0.29) is 6.54 Å². The average Bonchev–Trinajstić information content (AvgIpc) is 2.88. The predicted octanol–water partition coefficient (Wildman–Crippen LogP) is 1.73. The Hall–Kier alpha value is -1.28. The van der Waals surface area contributed by atoms with E-state index in [2.05, 4.69) is 4.98 Å². The van der Waals surface area contributed by atoms with Gasteiger partial charge in [-0.2, -0.15) is 4.31 Å². The minimum atomic E-state index is -3.48. The van der Waals surface area contributed by atoms with Crippen molar-refractivity contribution in [1.82, 2.24) is 9.29 Å². The summed E-state index contributed by atoms with van der Waals surface area (Å²) in [5.41, 5.74) is 7.11. The molecule has 0 aromatic carbocycles. The third-order valence-corrected chi connectivity index (χ3v) is 6.21. The van der Waals surface area contributed by atoms with E-state index in [0.29, 0.717) is 10.8 Å². The van der Waals surface area contributed by atoms with Gasteiger partial charge < -0.3 is 5.73 Å². The fourth-order valence-electron chi connectivity index (χ4n) is 1.76. The van der Waals surface area contributed by atoms with E-state index in [0.717, 1.165) is 16.3 Å². The summed E-state index contributed by atoms with van der Waals surface area (Å²) in [4.78, 5) is 5.17. The molecule has 2 heterocycles. The molecule has 0 bridgehead atoms. The highest BCUT2D eigenvalue weighted by molar-refractivity contribution is 7.91. The summed E-state index contributed by atoms with van der Waals surface area (Å²) >= 11 is 1.21. The van der Waals surface area contributed by atoms with Gasteiger partial charge in [-0.05, 0) is 31.2 Å². The molecule has 2 N–H and O–H groups in total. The molecule has 20 heavy (non-hydrogen) atoms. The minimum absolute atomic E-state index is 0.250. The Balaban J connectivity index is 2.21. The predicted molar refractivity (Wildman–Crippen MR) is 79.8 cm³/mol. The van der Waals surface area contributed by atoms with Crippen LogP contribution in [-0.2, 0) is 23.1 Å². The summed E-state index contributed by atoms with van der Waals surface area (Å²) in [6.07, 6.45) is 0. The van der Waals surface area contributed by atoms with Gasteiger partial charge in [0.15, 0.2) is 0 Å². The summed E-state index contributed by atoms with van der Waals surface area (Å²) in [6, 6.07) is 8.91. The van der Waals surface area contributed by atoms with Gasteiger partial charge in [-0.25, -0.2) is 8.42 Å². The van der Waals surface area contributed by atoms with Crippen LogP contribution in [0, 0.1) is 6.92 Å². The number of hydrogen-bond acceptors (Lipinski definition) is 5. The molecule has 0 amide bonds. The zero-order chi connectivity index (χ0) is 14.8. The van der Waals surface area contributed by atoms with Crippen molar-refractivity contribution in [2.24, 2.45) is 5.73 Å². The molecule has 0 unspecified atom stereocenters. The van der Waals surface area contributed by atoms with E-state index in [1.54, 1.807) is 19.2 Å². The van der Waals surface area contributed by atoms with Gasteiger partial charge in [-0.15, -0.1) is 11.3 Å². The van der Waals surface area contributed by atoms with E-state index in [1.807, 2.05) is 25.1 Å². The standard InChI is InChI=1S/C13H17N3O2S2/c1-10-4-3-5-11(15-10)9-16(2)20(17,18)13-7-6-12(8-14)19-13/h3-7H,8-9,14H2,1-2H3. The molecule has 0 saturated carbocycles. The Morgan fingerprint density at radius 3 is 2.65 bits per heavy atom. The van der Waals surface area contributed by atoms with Crippen LogP contribution >= 0.6 is 11.3 Å². The van der Waals surface area contributed by atoms with Crippen LogP contribution in [0.1, 0.15) is 16.3 Å². The summed E-state index contributed by atoms with van der Waals surface area (Å²) in [6.45, 7) is 2.48. The van der Waals surface area contributed by atoms with E-state index < -0.39 is 10.0 Å². The van der Waals surface area contributed by atoms with E-state index in [4.69, 9.17) is 5.73 Å². The minimum Gasteiger partial charge on any atom is -0.326 e. The molecule has 5 nitrogen and oxygen atoms in total. The first kappa shape index (κ1) is 15.1. The van der Waals surface area contributed by atoms with Crippen molar-refractivity contribution in [3.05, 3.63) is 46.6 Å². The van der Waals surface area contributed by atoms with Crippen molar-refractivity contribution in [1.29, 1.82) is 0 Å². The fourth-order valence-corrected chi connectivity index (χ4v) is 4.35. The quantitative estimate of drug-likeness (QED) is 0.912. The zero-order valence-electron chi connectivity index (χ0n) is 11.4. The maximum absolute atomic E-state index is 12.4. The van der Waals surface area contributed by atoms with Crippen LogP contribution in [0.3, 0.4) is 0 Å². The van der Waals surface area contributed by atoms with Crippen molar-refractivity contribution in [3.8, 4) is 0 Å². The van der Waals surface area contributed by atoms with Crippen molar-refractivity contribution in [2.45, 2.75) is 24.2 Å². The smallest absolute Gasteiger partial charge is 0.252 e. The van der Waals surface area contributed by atoms with Crippen LogP contribution in [0.5, 0.6) is 0 Å². The first-order chi connectivity index (χ1) is 9.43. The number of nitrogens with zero attached hydrogens (tertiary/aromatic N) is 2. The number of rotatable bonds is 5. The highest BCUT2D eigenvalue weighted by Gasteiger charge is 2.23. The topological polar surface area (TPSA) is 76.3 Å². The third kappa shape index (κ3) is 3.24. The number of nitrogens with two attached hydrogens (primary N) is 1. The first-order valence-corrected chi connectivity index (χ1v) is 8.37. The van der Waals surface area contributed by atoms with Gasteiger partial charge in [0.05, 0.1) is 12.2 Å². The molecule has 7 heteroatoms. The maximum atomic E-state index is 12.4. The molecule has 0 aliphatic heterocycles. The van der Waals surface area contributed by atoms with Gasteiger partial charge in [0.2, 0.25) is 0 Å².